The minimum absolute atomic E-state index is 0.231. The highest BCUT2D eigenvalue weighted by atomic mass is 15.4. The number of rotatable bonds is 3. The lowest BCUT2D eigenvalue weighted by atomic mass is 9.99. The van der Waals surface area contributed by atoms with Gasteiger partial charge >= 0.3 is 0 Å². The maximum atomic E-state index is 4.90. The maximum absolute atomic E-state index is 4.90. The molecule has 1 atom stereocenters. The molecule has 5 rings (SSSR count). The molecule has 130 valence electrons. The molecule has 8 heteroatoms. The normalized spacial score (nSPS) is 16.6. The zero-order valence-electron chi connectivity index (χ0n) is 14.4. The molecule has 1 unspecified atom stereocenters. The van der Waals surface area contributed by atoms with Crippen molar-refractivity contribution in [2.45, 2.75) is 25.3 Å². The van der Waals surface area contributed by atoms with Gasteiger partial charge in [0, 0.05) is 24.9 Å². The first-order chi connectivity index (χ1) is 12.8. The molecule has 0 bridgehead atoms. The van der Waals surface area contributed by atoms with E-state index in [1.807, 2.05) is 59.1 Å². The second kappa shape index (κ2) is 5.91. The summed E-state index contributed by atoms with van der Waals surface area (Å²) in [5, 5.41) is 13.4. The zero-order valence-corrected chi connectivity index (χ0v) is 14.4. The van der Waals surface area contributed by atoms with Gasteiger partial charge in [-0.1, -0.05) is 30.3 Å². The molecule has 0 saturated heterocycles. The summed E-state index contributed by atoms with van der Waals surface area (Å²) in [6, 6.07) is 10.1. The van der Waals surface area contributed by atoms with Gasteiger partial charge in [-0.3, -0.25) is 4.68 Å². The molecule has 1 aliphatic heterocycles. The number of nitrogens with zero attached hydrogens (tertiary/aromatic N) is 8. The summed E-state index contributed by atoms with van der Waals surface area (Å²) < 4.78 is 5.67. The van der Waals surface area contributed by atoms with Crippen molar-refractivity contribution in [3.63, 3.8) is 0 Å². The minimum atomic E-state index is 0.231. The standard InChI is InChI=1S/C18H18N8/c1-24-11-15(9-20-24)26-18(14-7-8-16-19-12-21-25(16)10-14)22-17(23-26)13-5-3-2-4-6-13/h2-6,9,11-12,14H,7-8,10H2,1H3. The fraction of sp³-hybridized carbons (Fsp3) is 0.278. The third-order valence-electron chi connectivity index (χ3n) is 4.77. The molecule has 0 saturated carbocycles. The Labute approximate surface area is 150 Å². The molecule has 0 fully saturated rings. The highest BCUT2D eigenvalue weighted by Crippen LogP contribution is 2.29. The van der Waals surface area contributed by atoms with Gasteiger partial charge in [-0.25, -0.2) is 19.3 Å². The van der Waals surface area contributed by atoms with Crippen LogP contribution in [0.5, 0.6) is 0 Å². The number of hydrogen-bond acceptors (Lipinski definition) is 5. The SMILES string of the molecule is Cn1cc(-n2nc(-c3ccccc3)nc2C2CCc3ncnn3C2)cn1. The van der Waals surface area contributed by atoms with E-state index in [9.17, 15) is 0 Å². The van der Waals surface area contributed by atoms with Crippen molar-refractivity contribution in [3.8, 4) is 17.1 Å². The third kappa shape index (κ3) is 2.50. The largest absolute Gasteiger partial charge is 0.274 e. The van der Waals surface area contributed by atoms with Crippen LogP contribution in [0.15, 0.2) is 49.1 Å². The summed E-state index contributed by atoms with van der Waals surface area (Å²) in [5.74, 6) is 2.94. The van der Waals surface area contributed by atoms with E-state index in [0.29, 0.717) is 0 Å². The second-order valence-electron chi connectivity index (χ2n) is 6.54. The van der Waals surface area contributed by atoms with Gasteiger partial charge in [-0.15, -0.1) is 5.10 Å². The molecule has 1 aromatic carbocycles. The highest BCUT2D eigenvalue weighted by Gasteiger charge is 2.27. The molecule has 26 heavy (non-hydrogen) atoms. The van der Waals surface area contributed by atoms with Crippen LogP contribution in [-0.4, -0.2) is 39.3 Å². The second-order valence-corrected chi connectivity index (χ2v) is 6.54. The number of aryl methyl sites for hydroxylation is 2. The van der Waals surface area contributed by atoms with E-state index in [-0.39, 0.29) is 5.92 Å². The lowest BCUT2D eigenvalue weighted by Gasteiger charge is -2.21. The van der Waals surface area contributed by atoms with Gasteiger partial charge in [-0.05, 0) is 6.42 Å². The van der Waals surface area contributed by atoms with E-state index in [0.717, 1.165) is 48.1 Å². The molecule has 0 amide bonds. The van der Waals surface area contributed by atoms with E-state index < -0.39 is 0 Å². The van der Waals surface area contributed by atoms with Crippen LogP contribution in [0.4, 0.5) is 0 Å². The monoisotopic (exact) mass is 346 g/mol. The first-order valence-electron chi connectivity index (χ1n) is 8.66. The summed E-state index contributed by atoms with van der Waals surface area (Å²) in [7, 11) is 1.90. The average Bonchev–Trinajstić information content (AvgIpc) is 3.40. The van der Waals surface area contributed by atoms with Crippen molar-refractivity contribution in [2.75, 3.05) is 0 Å². The first kappa shape index (κ1) is 15.0. The predicted octanol–water partition coefficient (Wildman–Crippen LogP) is 1.99. The van der Waals surface area contributed by atoms with Crippen LogP contribution in [-0.2, 0) is 20.0 Å². The van der Waals surface area contributed by atoms with Crippen LogP contribution in [0.2, 0.25) is 0 Å². The van der Waals surface area contributed by atoms with Crippen LogP contribution in [0.3, 0.4) is 0 Å². The van der Waals surface area contributed by atoms with Gasteiger partial charge < -0.3 is 0 Å². The van der Waals surface area contributed by atoms with Crippen molar-refractivity contribution >= 4 is 0 Å². The van der Waals surface area contributed by atoms with E-state index in [1.54, 1.807) is 11.0 Å². The van der Waals surface area contributed by atoms with Gasteiger partial charge in [0.25, 0.3) is 0 Å². The van der Waals surface area contributed by atoms with Gasteiger partial charge in [0.05, 0.1) is 18.9 Å². The molecule has 4 heterocycles. The fourth-order valence-corrected chi connectivity index (χ4v) is 3.45. The van der Waals surface area contributed by atoms with Crippen LogP contribution in [0.25, 0.3) is 17.1 Å². The molecule has 8 nitrogen and oxygen atoms in total. The zero-order chi connectivity index (χ0) is 17.5. The summed E-state index contributed by atoms with van der Waals surface area (Å²) in [6.07, 6.45) is 7.27. The molecule has 0 aliphatic carbocycles. The van der Waals surface area contributed by atoms with E-state index >= 15 is 0 Å². The summed E-state index contributed by atoms with van der Waals surface area (Å²) in [4.78, 5) is 9.22. The smallest absolute Gasteiger partial charge is 0.181 e. The Morgan fingerprint density at radius 2 is 2.00 bits per heavy atom. The molecule has 0 spiro atoms. The van der Waals surface area contributed by atoms with Crippen molar-refractivity contribution in [2.24, 2.45) is 7.05 Å². The van der Waals surface area contributed by atoms with Gasteiger partial charge in [0.2, 0.25) is 0 Å². The third-order valence-corrected chi connectivity index (χ3v) is 4.77. The predicted molar refractivity (Wildman–Crippen MR) is 94.6 cm³/mol. The quantitative estimate of drug-likeness (QED) is 0.567. The Hall–Kier alpha value is -3.29. The average molecular weight is 346 g/mol. The fourth-order valence-electron chi connectivity index (χ4n) is 3.45. The van der Waals surface area contributed by atoms with Crippen LogP contribution >= 0.6 is 0 Å². The van der Waals surface area contributed by atoms with Crippen molar-refractivity contribution in [1.82, 2.24) is 39.3 Å². The van der Waals surface area contributed by atoms with Crippen LogP contribution < -0.4 is 0 Å². The summed E-state index contributed by atoms with van der Waals surface area (Å²) >= 11 is 0. The maximum Gasteiger partial charge on any atom is 0.181 e. The lowest BCUT2D eigenvalue weighted by molar-refractivity contribution is 0.404. The number of aromatic nitrogens is 8. The van der Waals surface area contributed by atoms with E-state index in [2.05, 4.69) is 15.2 Å². The minimum Gasteiger partial charge on any atom is -0.274 e. The topological polar surface area (TPSA) is 79.2 Å². The molecule has 1 aliphatic rings. The lowest BCUT2D eigenvalue weighted by Crippen LogP contribution is -2.22. The first-order valence-corrected chi connectivity index (χ1v) is 8.66. The molecule has 4 aromatic rings. The van der Waals surface area contributed by atoms with E-state index in [4.69, 9.17) is 10.1 Å². The van der Waals surface area contributed by atoms with Gasteiger partial charge in [0.1, 0.15) is 23.7 Å². The summed E-state index contributed by atoms with van der Waals surface area (Å²) in [6.45, 7) is 0.766. The van der Waals surface area contributed by atoms with Crippen LogP contribution in [0, 0.1) is 0 Å². The Kier molecular flexibility index (Phi) is 3.41. The molecule has 3 aromatic heterocycles. The van der Waals surface area contributed by atoms with Gasteiger partial charge in [0.15, 0.2) is 5.82 Å². The van der Waals surface area contributed by atoms with Gasteiger partial charge in [-0.2, -0.15) is 10.2 Å². The Bertz CT molecular complexity index is 1040. The van der Waals surface area contributed by atoms with Crippen molar-refractivity contribution in [3.05, 3.63) is 60.7 Å². The molecular weight excluding hydrogens is 328 g/mol. The number of benzene rings is 1. The summed E-state index contributed by atoms with van der Waals surface area (Å²) in [5.41, 5.74) is 1.93. The molecule has 0 radical (unpaired) electrons. The van der Waals surface area contributed by atoms with Crippen molar-refractivity contribution < 1.29 is 0 Å². The molecule has 0 N–H and O–H groups in total. The molecular formula is C18H18N8. The number of hydrogen-bond donors (Lipinski definition) is 0. The van der Waals surface area contributed by atoms with E-state index in [1.165, 1.54) is 0 Å². The van der Waals surface area contributed by atoms with Crippen LogP contribution in [0.1, 0.15) is 24.0 Å². The van der Waals surface area contributed by atoms with Crippen molar-refractivity contribution in [1.29, 1.82) is 0 Å². The Morgan fingerprint density at radius 3 is 2.81 bits per heavy atom. The Morgan fingerprint density at radius 1 is 1.12 bits per heavy atom. The Balaban J connectivity index is 1.60. The highest BCUT2D eigenvalue weighted by molar-refractivity contribution is 5.54. The number of fused-ring (bicyclic) bond motifs is 1.